The third-order valence-corrected chi connectivity index (χ3v) is 4.61. The van der Waals surface area contributed by atoms with E-state index in [0.29, 0.717) is 6.54 Å². The zero-order valence-corrected chi connectivity index (χ0v) is 13.6. The molecule has 2 aliphatic heterocycles. The van der Waals surface area contributed by atoms with Crippen LogP contribution in [-0.4, -0.2) is 41.9 Å². The van der Waals surface area contributed by atoms with Crippen molar-refractivity contribution in [3.63, 3.8) is 0 Å². The van der Waals surface area contributed by atoms with Gasteiger partial charge in [-0.3, -0.25) is 10.1 Å². The van der Waals surface area contributed by atoms with Crippen molar-refractivity contribution in [1.82, 2.24) is 10.2 Å². The number of alkyl halides is 2. The van der Waals surface area contributed by atoms with Crippen molar-refractivity contribution in [3.8, 4) is 0 Å². The molecule has 3 nitrogen and oxygen atoms in total. The van der Waals surface area contributed by atoms with Gasteiger partial charge in [0.1, 0.15) is 5.82 Å². The molecule has 1 amide bonds. The van der Waals surface area contributed by atoms with Crippen LogP contribution in [0.15, 0.2) is 24.3 Å². The Kier molecular flexibility index (Phi) is 5.26. The second kappa shape index (κ2) is 6.69. The summed E-state index contributed by atoms with van der Waals surface area (Å²) in [6.45, 7) is 1.98. The first kappa shape index (κ1) is 18.1. The van der Waals surface area contributed by atoms with E-state index in [4.69, 9.17) is 0 Å². The number of carbonyl (C=O) groups excluding carboxylic acids is 1. The molecule has 2 saturated heterocycles. The van der Waals surface area contributed by atoms with E-state index in [1.54, 1.807) is 17.0 Å². The first-order valence-corrected chi connectivity index (χ1v) is 7.53. The number of benzene rings is 1. The van der Waals surface area contributed by atoms with Gasteiger partial charge in [0.15, 0.2) is 0 Å². The van der Waals surface area contributed by atoms with Crippen LogP contribution in [0, 0.1) is 5.82 Å². The van der Waals surface area contributed by atoms with Gasteiger partial charge in [-0.1, -0.05) is 12.1 Å². The van der Waals surface area contributed by atoms with Crippen LogP contribution in [0.5, 0.6) is 0 Å². The van der Waals surface area contributed by atoms with Crippen LogP contribution in [0.4, 0.5) is 13.2 Å². The number of carbonyl (C=O) groups is 1. The molecule has 3 atom stereocenters. The minimum atomic E-state index is -2.81. The smallest absolute Gasteiger partial charge is 0.262 e. The fourth-order valence-electron chi connectivity index (χ4n) is 3.40. The number of rotatable bonds is 2. The molecule has 1 N–H and O–H groups in total. The van der Waals surface area contributed by atoms with Crippen molar-refractivity contribution >= 4 is 18.3 Å². The Bertz CT molecular complexity index is 567. The lowest BCUT2D eigenvalue weighted by Crippen LogP contribution is -2.45. The minimum absolute atomic E-state index is 0. The van der Waals surface area contributed by atoms with Gasteiger partial charge in [0.2, 0.25) is 5.91 Å². The molecular formula is C16H20ClF3N2O. The van der Waals surface area contributed by atoms with Gasteiger partial charge >= 0.3 is 0 Å². The molecule has 3 rings (SSSR count). The molecule has 0 aromatic heterocycles. The molecule has 1 aromatic rings. The summed E-state index contributed by atoms with van der Waals surface area (Å²) in [7, 11) is 0. The predicted octanol–water partition coefficient (Wildman–Crippen LogP) is 2.95. The highest BCUT2D eigenvalue weighted by molar-refractivity contribution is 5.85. The highest BCUT2D eigenvalue weighted by atomic mass is 35.5. The van der Waals surface area contributed by atoms with Crippen LogP contribution in [0.3, 0.4) is 0 Å². The molecule has 0 bridgehead atoms. The van der Waals surface area contributed by atoms with Crippen LogP contribution >= 0.6 is 12.4 Å². The highest BCUT2D eigenvalue weighted by Gasteiger charge is 2.45. The van der Waals surface area contributed by atoms with Crippen LogP contribution in [0.1, 0.15) is 31.2 Å². The van der Waals surface area contributed by atoms with Gasteiger partial charge in [0.05, 0.1) is 12.6 Å². The zero-order chi connectivity index (χ0) is 15.9. The molecule has 2 heterocycles. The molecule has 2 fully saturated rings. The van der Waals surface area contributed by atoms with Crippen LogP contribution in [0.2, 0.25) is 0 Å². The topological polar surface area (TPSA) is 32.3 Å². The van der Waals surface area contributed by atoms with Gasteiger partial charge in [0.25, 0.3) is 5.92 Å². The van der Waals surface area contributed by atoms with Gasteiger partial charge in [-0.2, -0.15) is 0 Å². The van der Waals surface area contributed by atoms with Gasteiger partial charge in [-0.15, -0.1) is 12.4 Å². The van der Waals surface area contributed by atoms with E-state index in [2.05, 4.69) is 5.32 Å². The van der Waals surface area contributed by atoms with Crippen LogP contribution < -0.4 is 5.32 Å². The first-order valence-electron chi connectivity index (χ1n) is 7.53. The Morgan fingerprint density at radius 1 is 1.30 bits per heavy atom. The summed E-state index contributed by atoms with van der Waals surface area (Å²) in [6.07, 6.45) is 0.330. The van der Waals surface area contributed by atoms with Crippen LogP contribution in [-0.2, 0) is 4.79 Å². The van der Waals surface area contributed by atoms with Crippen LogP contribution in [0.25, 0.3) is 0 Å². The molecule has 0 saturated carbocycles. The van der Waals surface area contributed by atoms with E-state index in [0.717, 1.165) is 12.0 Å². The summed E-state index contributed by atoms with van der Waals surface area (Å²) < 4.78 is 39.5. The van der Waals surface area contributed by atoms with E-state index in [9.17, 15) is 18.0 Å². The van der Waals surface area contributed by atoms with Gasteiger partial charge < -0.3 is 4.90 Å². The van der Waals surface area contributed by atoms with Crippen molar-refractivity contribution in [3.05, 3.63) is 35.6 Å². The Balaban J connectivity index is 0.00000192. The monoisotopic (exact) mass is 348 g/mol. The summed E-state index contributed by atoms with van der Waals surface area (Å²) in [5.41, 5.74) is 0.980. The standard InChI is InChI=1S/C16H19F3N2O.ClH/c1-10-6-12(11-2-4-13(17)5-3-11)8-21(10)15(22)14-7-16(18,19)9-20-14;/h2-5,10,12,14,20H,6-9H2,1H3;1H. The highest BCUT2D eigenvalue weighted by Crippen LogP contribution is 2.34. The minimum Gasteiger partial charge on any atom is -0.338 e. The molecule has 7 heteroatoms. The lowest BCUT2D eigenvalue weighted by Gasteiger charge is -2.25. The molecule has 0 aliphatic carbocycles. The maximum atomic E-state index is 13.2. The van der Waals surface area contributed by atoms with E-state index in [1.807, 2.05) is 6.92 Å². The Morgan fingerprint density at radius 2 is 1.96 bits per heavy atom. The summed E-state index contributed by atoms with van der Waals surface area (Å²) in [4.78, 5) is 14.1. The molecule has 23 heavy (non-hydrogen) atoms. The van der Waals surface area contributed by atoms with Crippen molar-refractivity contribution in [2.75, 3.05) is 13.1 Å². The van der Waals surface area contributed by atoms with E-state index < -0.39 is 24.9 Å². The molecule has 128 valence electrons. The number of amides is 1. The van der Waals surface area contributed by atoms with Gasteiger partial charge in [0, 0.05) is 24.9 Å². The number of hydrogen-bond donors (Lipinski definition) is 1. The van der Waals surface area contributed by atoms with E-state index in [-0.39, 0.29) is 36.1 Å². The number of nitrogens with zero attached hydrogens (tertiary/aromatic N) is 1. The molecule has 1 aromatic carbocycles. The van der Waals surface area contributed by atoms with E-state index >= 15 is 0 Å². The Labute approximate surface area is 139 Å². The maximum absolute atomic E-state index is 13.2. The van der Waals surface area contributed by atoms with Crippen molar-refractivity contribution < 1.29 is 18.0 Å². The first-order chi connectivity index (χ1) is 10.4. The maximum Gasteiger partial charge on any atom is 0.262 e. The van der Waals surface area contributed by atoms with Gasteiger partial charge in [-0.25, -0.2) is 13.2 Å². The Hall–Kier alpha value is -1.27. The third-order valence-electron chi connectivity index (χ3n) is 4.61. The molecule has 2 aliphatic rings. The lowest BCUT2D eigenvalue weighted by molar-refractivity contribution is -0.134. The number of nitrogens with one attached hydrogen (secondary N) is 1. The SMILES string of the molecule is CC1CC(c2ccc(F)cc2)CN1C(=O)C1CC(F)(F)CN1.Cl. The lowest BCUT2D eigenvalue weighted by atomic mass is 9.97. The largest absolute Gasteiger partial charge is 0.338 e. The average molecular weight is 349 g/mol. The van der Waals surface area contributed by atoms with Crippen molar-refractivity contribution in [1.29, 1.82) is 0 Å². The third kappa shape index (κ3) is 3.80. The van der Waals surface area contributed by atoms with Crippen molar-refractivity contribution in [2.45, 2.75) is 43.7 Å². The number of halogens is 4. The summed E-state index contributed by atoms with van der Waals surface area (Å²) in [6, 6.07) is 5.46. The van der Waals surface area contributed by atoms with Crippen molar-refractivity contribution in [2.24, 2.45) is 0 Å². The normalized spacial score (nSPS) is 29.4. The summed E-state index contributed by atoms with van der Waals surface area (Å²) in [5, 5.41) is 2.62. The molecule has 0 spiro atoms. The fourth-order valence-corrected chi connectivity index (χ4v) is 3.40. The van der Waals surface area contributed by atoms with Gasteiger partial charge in [-0.05, 0) is 31.0 Å². The van der Waals surface area contributed by atoms with E-state index in [1.165, 1.54) is 12.1 Å². The molecule has 3 unspecified atom stereocenters. The number of hydrogen-bond acceptors (Lipinski definition) is 2. The molecule has 0 radical (unpaired) electrons. The number of likely N-dealkylation sites (tertiary alicyclic amines) is 1. The second-order valence-corrected chi connectivity index (χ2v) is 6.32. The summed E-state index contributed by atoms with van der Waals surface area (Å²) in [5.74, 6) is -3.23. The second-order valence-electron chi connectivity index (χ2n) is 6.32. The Morgan fingerprint density at radius 3 is 2.52 bits per heavy atom. The summed E-state index contributed by atoms with van der Waals surface area (Å²) >= 11 is 0. The zero-order valence-electron chi connectivity index (χ0n) is 12.8. The average Bonchev–Trinajstić information content (AvgIpc) is 3.02. The quantitative estimate of drug-likeness (QED) is 0.891. The predicted molar refractivity (Wildman–Crippen MR) is 83.5 cm³/mol. The molecular weight excluding hydrogens is 329 g/mol. The fraction of sp³-hybridized carbons (Fsp3) is 0.562.